The Morgan fingerprint density at radius 1 is 0.958 bits per heavy atom. The van der Waals surface area contributed by atoms with Gasteiger partial charge in [0.1, 0.15) is 0 Å². The average molecular weight is 329 g/mol. The van der Waals surface area contributed by atoms with Crippen LogP contribution in [-0.2, 0) is 0 Å². The second kappa shape index (κ2) is 5.16. The Morgan fingerprint density at radius 2 is 1.79 bits per heavy atom. The lowest BCUT2D eigenvalue weighted by Gasteiger charge is -2.60. The molecule has 0 radical (unpaired) electrons. The third kappa shape index (κ3) is 1.94. The van der Waals surface area contributed by atoms with Gasteiger partial charge in [0, 0.05) is 5.41 Å². The van der Waals surface area contributed by atoms with Crippen molar-refractivity contribution >= 4 is 11.4 Å². The SMILES string of the molecule is C[C@]12CCC3C(CC[C@@H]4C[C@H](O)CC[C@]34C)[C@@H]1CC1=NCCN=C12. The molecule has 24 heavy (non-hydrogen) atoms. The standard InChI is InChI=1S/C21H32N2O/c1-20-7-5-14(24)11-13(20)3-4-15-16(20)6-8-21(2)17(15)12-18-19(21)23-10-9-22-18/h13-17,24H,3-12H2,1-2H3/t13-,14-,15?,16?,17+,20+,21+/m1/s1. The molecular weight excluding hydrogens is 296 g/mol. The van der Waals surface area contributed by atoms with Gasteiger partial charge in [-0.15, -0.1) is 0 Å². The fourth-order valence-corrected chi connectivity index (χ4v) is 7.62. The van der Waals surface area contributed by atoms with Crippen LogP contribution in [0.1, 0.15) is 65.2 Å². The van der Waals surface area contributed by atoms with E-state index in [-0.39, 0.29) is 6.10 Å². The zero-order chi connectivity index (χ0) is 16.5. The number of aliphatic hydroxyl groups excluding tert-OH is 1. The highest BCUT2D eigenvalue weighted by atomic mass is 16.3. The first-order valence-electron chi connectivity index (χ1n) is 10.3. The fraction of sp³-hybridized carbons (Fsp3) is 0.905. The molecule has 1 aliphatic heterocycles. The summed E-state index contributed by atoms with van der Waals surface area (Å²) in [5.74, 6) is 3.25. The highest BCUT2D eigenvalue weighted by Gasteiger charge is 2.60. The minimum absolute atomic E-state index is 0.0356. The Labute approximate surface area is 146 Å². The quantitative estimate of drug-likeness (QED) is 0.720. The summed E-state index contributed by atoms with van der Waals surface area (Å²) in [4.78, 5) is 9.81. The second-order valence-corrected chi connectivity index (χ2v) is 9.80. The van der Waals surface area contributed by atoms with Gasteiger partial charge in [0.05, 0.1) is 30.6 Å². The first kappa shape index (κ1) is 15.5. The number of rotatable bonds is 0. The van der Waals surface area contributed by atoms with E-state index < -0.39 is 0 Å². The number of nitrogens with zero attached hydrogens (tertiary/aromatic N) is 2. The molecule has 4 saturated carbocycles. The lowest BCUT2D eigenvalue weighted by molar-refractivity contribution is -0.113. The number of aliphatic hydroxyl groups is 1. The lowest BCUT2D eigenvalue weighted by atomic mass is 9.45. The van der Waals surface area contributed by atoms with Crippen molar-refractivity contribution in [3.8, 4) is 0 Å². The van der Waals surface area contributed by atoms with Crippen LogP contribution in [0.5, 0.6) is 0 Å². The van der Waals surface area contributed by atoms with Gasteiger partial charge in [-0.3, -0.25) is 9.98 Å². The molecule has 2 unspecified atom stereocenters. The molecule has 3 heteroatoms. The zero-order valence-corrected chi connectivity index (χ0v) is 15.3. The molecule has 0 saturated heterocycles. The molecule has 0 aromatic rings. The van der Waals surface area contributed by atoms with Crippen molar-refractivity contribution in [1.82, 2.24) is 0 Å². The van der Waals surface area contributed by atoms with Crippen molar-refractivity contribution in [2.45, 2.75) is 71.3 Å². The maximum Gasteiger partial charge on any atom is 0.0621 e. The molecule has 132 valence electrons. The molecule has 1 N–H and O–H groups in total. The van der Waals surface area contributed by atoms with Gasteiger partial charge >= 0.3 is 0 Å². The molecule has 0 amide bonds. The second-order valence-electron chi connectivity index (χ2n) is 9.80. The number of fused-ring (bicyclic) bond motifs is 7. The Morgan fingerprint density at radius 3 is 2.67 bits per heavy atom. The Bertz CT molecular complexity index is 611. The molecule has 3 nitrogen and oxygen atoms in total. The Balaban J connectivity index is 1.49. The highest BCUT2D eigenvalue weighted by molar-refractivity contribution is 6.46. The van der Waals surface area contributed by atoms with Crippen molar-refractivity contribution < 1.29 is 5.11 Å². The number of hydrogen-bond acceptors (Lipinski definition) is 3. The van der Waals surface area contributed by atoms with Gasteiger partial charge in [0.15, 0.2) is 0 Å². The molecule has 7 atom stereocenters. The largest absolute Gasteiger partial charge is 0.393 e. The minimum atomic E-state index is -0.0356. The van der Waals surface area contributed by atoms with E-state index in [4.69, 9.17) is 9.98 Å². The summed E-state index contributed by atoms with van der Waals surface area (Å²) in [7, 11) is 0. The van der Waals surface area contributed by atoms with Gasteiger partial charge in [-0.1, -0.05) is 13.8 Å². The van der Waals surface area contributed by atoms with Crippen molar-refractivity contribution in [3.63, 3.8) is 0 Å². The normalized spacial score (nSPS) is 53.2. The van der Waals surface area contributed by atoms with Gasteiger partial charge in [-0.05, 0) is 80.5 Å². The van der Waals surface area contributed by atoms with E-state index in [1.807, 2.05) is 0 Å². The average Bonchev–Trinajstić information content (AvgIpc) is 2.89. The summed E-state index contributed by atoms with van der Waals surface area (Å²) in [5.41, 5.74) is 3.53. The Kier molecular flexibility index (Phi) is 3.34. The predicted molar refractivity (Wildman–Crippen MR) is 97.7 cm³/mol. The summed E-state index contributed by atoms with van der Waals surface area (Å²) in [5, 5.41) is 10.2. The van der Waals surface area contributed by atoms with Crippen LogP contribution in [0, 0.1) is 34.5 Å². The molecule has 4 aliphatic carbocycles. The van der Waals surface area contributed by atoms with E-state index >= 15 is 0 Å². The predicted octanol–water partition coefficient (Wildman–Crippen LogP) is 3.90. The van der Waals surface area contributed by atoms with E-state index in [1.165, 1.54) is 49.9 Å². The van der Waals surface area contributed by atoms with E-state index in [9.17, 15) is 5.11 Å². The van der Waals surface area contributed by atoms with Gasteiger partial charge in [-0.25, -0.2) is 0 Å². The number of aliphatic imine (C=N–C) groups is 2. The third-order valence-corrected chi connectivity index (χ3v) is 8.93. The van der Waals surface area contributed by atoms with Crippen LogP contribution in [0.2, 0.25) is 0 Å². The molecule has 5 aliphatic rings. The maximum atomic E-state index is 10.2. The van der Waals surface area contributed by atoms with E-state index in [0.29, 0.717) is 10.8 Å². The van der Waals surface area contributed by atoms with Gasteiger partial charge in [0.25, 0.3) is 0 Å². The van der Waals surface area contributed by atoms with Crippen LogP contribution in [-0.4, -0.2) is 35.7 Å². The first-order chi connectivity index (χ1) is 11.5. The van der Waals surface area contributed by atoms with Gasteiger partial charge in [-0.2, -0.15) is 0 Å². The topological polar surface area (TPSA) is 45.0 Å². The fourth-order valence-electron chi connectivity index (χ4n) is 7.62. The van der Waals surface area contributed by atoms with Crippen LogP contribution >= 0.6 is 0 Å². The van der Waals surface area contributed by atoms with Crippen LogP contribution in [0.4, 0.5) is 0 Å². The van der Waals surface area contributed by atoms with E-state index in [0.717, 1.165) is 49.6 Å². The van der Waals surface area contributed by atoms with Gasteiger partial charge in [0.2, 0.25) is 0 Å². The highest BCUT2D eigenvalue weighted by Crippen LogP contribution is 2.65. The molecule has 0 aromatic carbocycles. The molecular formula is C21H32N2O. The first-order valence-corrected chi connectivity index (χ1v) is 10.3. The third-order valence-electron chi connectivity index (χ3n) is 8.93. The Hall–Kier alpha value is -0.700. The lowest BCUT2D eigenvalue weighted by Crippen LogP contribution is -2.54. The van der Waals surface area contributed by atoms with E-state index in [1.54, 1.807) is 0 Å². The van der Waals surface area contributed by atoms with E-state index in [2.05, 4.69) is 13.8 Å². The van der Waals surface area contributed by atoms with Crippen molar-refractivity contribution in [1.29, 1.82) is 0 Å². The minimum Gasteiger partial charge on any atom is -0.393 e. The van der Waals surface area contributed by atoms with Crippen molar-refractivity contribution in [2.75, 3.05) is 13.1 Å². The molecule has 1 heterocycles. The monoisotopic (exact) mass is 328 g/mol. The number of hydrogen-bond donors (Lipinski definition) is 1. The molecule has 0 aromatic heterocycles. The van der Waals surface area contributed by atoms with Crippen molar-refractivity contribution in [2.24, 2.45) is 44.5 Å². The summed E-state index contributed by atoms with van der Waals surface area (Å²) < 4.78 is 0. The van der Waals surface area contributed by atoms with Gasteiger partial charge < -0.3 is 5.11 Å². The van der Waals surface area contributed by atoms with Crippen LogP contribution < -0.4 is 0 Å². The van der Waals surface area contributed by atoms with Crippen LogP contribution in [0.15, 0.2) is 9.98 Å². The maximum absolute atomic E-state index is 10.2. The van der Waals surface area contributed by atoms with Crippen LogP contribution in [0.3, 0.4) is 0 Å². The molecule has 0 bridgehead atoms. The molecule has 5 rings (SSSR count). The summed E-state index contributed by atoms with van der Waals surface area (Å²) >= 11 is 0. The van der Waals surface area contributed by atoms with Crippen molar-refractivity contribution in [3.05, 3.63) is 0 Å². The smallest absolute Gasteiger partial charge is 0.0621 e. The summed E-state index contributed by atoms with van der Waals surface area (Å²) in [6, 6.07) is 0. The zero-order valence-electron chi connectivity index (χ0n) is 15.3. The van der Waals surface area contributed by atoms with Crippen LogP contribution in [0.25, 0.3) is 0 Å². The molecule has 4 fully saturated rings. The summed E-state index contributed by atoms with van der Waals surface area (Å²) in [6.07, 6.45) is 9.86. The summed E-state index contributed by atoms with van der Waals surface area (Å²) in [6.45, 7) is 6.89. The molecule has 0 spiro atoms.